The molecule has 0 aliphatic rings. The molecule has 1 nitrogen and oxygen atoms in total. The molecule has 0 radical (unpaired) electrons. The largest absolute Gasteiger partial charge is 0.323 e. The number of rotatable bonds is 3. The van der Waals surface area contributed by atoms with Gasteiger partial charge in [-0.1, -0.05) is 11.6 Å². The highest BCUT2D eigenvalue weighted by molar-refractivity contribution is 9.11. The van der Waals surface area contributed by atoms with Crippen LogP contribution in [0.3, 0.4) is 0 Å². The third-order valence-electron chi connectivity index (χ3n) is 2.29. The molecule has 0 saturated carbocycles. The number of thiophene rings is 2. The highest BCUT2D eigenvalue weighted by atomic mass is 79.9. The van der Waals surface area contributed by atoms with Gasteiger partial charge in [-0.05, 0) is 46.6 Å². The fourth-order valence-electron chi connectivity index (χ4n) is 1.45. The van der Waals surface area contributed by atoms with Gasteiger partial charge in [-0.15, -0.1) is 22.7 Å². The summed E-state index contributed by atoms with van der Waals surface area (Å²) in [4.78, 5) is 2.45. The minimum absolute atomic E-state index is 0.0599. The molecule has 0 fully saturated rings. The van der Waals surface area contributed by atoms with Gasteiger partial charge in [-0.2, -0.15) is 0 Å². The van der Waals surface area contributed by atoms with Crippen LogP contribution in [0.5, 0.6) is 0 Å². The summed E-state index contributed by atoms with van der Waals surface area (Å²) in [5.74, 6) is 0. The molecule has 0 saturated heterocycles. The topological polar surface area (TPSA) is 26.0 Å². The van der Waals surface area contributed by atoms with E-state index in [1.165, 1.54) is 19.1 Å². The van der Waals surface area contributed by atoms with Gasteiger partial charge in [-0.25, -0.2) is 0 Å². The summed E-state index contributed by atoms with van der Waals surface area (Å²) in [7, 11) is 0. The fraction of sp³-hybridized carbons (Fsp3) is 0.273. The van der Waals surface area contributed by atoms with Gasteiger partial charge in [-0.3, -0.25) is 0 Å². The number of aryl methyl sites for hydroxylation is 1. The molecular weight excluding hydrogens is 326 g/mol. The molecule has 0 aromatic carbocycles. The molecule has 1 unspecified atom stereocenters. The van der Waals surface area contributed by atoms with Crippen molar-refractivity contribution >= 4 is 50.2 Å². The first-order chi connectivity index (χ1) is 7.56. The summed E-state index contributed by atoms with van der Waals surface area (Å²) in [6, 6.07) is 6.17. The Morgan fingerprint density at radius 1 is 1.44 bits per heavy atom. The molecular formula is C11H11BrClNS2. The highest BCUT2D eigenvalue weighted by Gasteiger charge is 2.12. The maximum absolute atomic E-state index is 6.17. The molecule has 86 valence electrons. The lowest BCUT2D eigenvalue weighted by atomic mass is 10.1. The van der Waals surface area contributed by atoms with Crippen molar-refractivity contribution in [3.05, 3.63) is 41.6 Å². The Kier molecular flexibility index (Phi) is 4.08. The molecule has 0 bridgehead atoms. The predicted molar refractivity (Wildman–Crippen MR) is 76.7 cm³/mol. The van der Waals surface area contributed by atoms with Gasteiger partial charge in [0.15, 0.2) is 0 Å². The van der Waals surface area contributed by atoms with Gasteiger partial charge >= 0.3 is 0 Å². The lowest BCUT2D eigenvalue weighted by molar-refractivity contribution is 0.745. The second-order valence-electron chi connectivity index (χ2n) is 3.62. The van der Waals surface area contributed by atoms with Gasteiger partial charge in [0.05, 0.1) is 8.12 Å². The zero-order valence-electron chi connectivity index (χ0n) is 8.67. The lowest BCUT2D eigenvalue weighted by Gasteiger charge is -2.06. The van der Waals surface area contributed by atoms with E-state index in [4.69, 9.17) is 17.3 Å². The molecule has 0 aliphatic heterocycles. The van der Waals surface area contributed by atoms with Crippen LogP contribution in [0.15, 0.2) is 22.0 Å². The number of hydrogen-bond acceptors (Lipinski definition) is 3. The minimum atomic E-state index is 0.0599. The smallest absolute Gasteiger partial charge is 0.0931 e. The van der Waals surface area contributed by atoms with E-state index in [1.807, 2.05) is 12.1 Å². The Morgan fingerprint density at radius 2 is 2.19 bits per heavy atom. The van der Waals surface area contributed by atoms with Crippen molar-refractivity contribution in [2.45, 2.75) is 19.4 Å². The first-order valence-electron chi connectivity index (χ1n) is 4.82. The van der Waals surface area contributed by atoms with E-state index in [-0.39, 0.29) is 6.04 Å². The van der Waals surface area contributed by atoms with Crippen LogP contribution in [0, 0.1) is 6.92 Å². The van der Waals surface area contributed by atoms with Crippen molar-refractivity contribution in [1.29, 1.82) is 0 Å². The van der Waals surface area contributed by atoms with Crippen molar-refractivity contribution < 1.29 is 0 Å². The molecule has 0 amide bonds. The maximum atomic E-state index is 6.17. The average Bonchev–Trinajstić information content (AvgIpc) is 2.75. The van der Waals surface area contributed by atoms with Crippen LogP contribution in [0.4, 0.5) is 0 Å². The van der Waals surface area contributed by atoms with Gasteiger partial charge < -0.3 is 5.73 Å². The Balaban J connectivity index is 2.11. The third kappa shape index (κ3) is 2.87. The molecule has 0 aliphatic carbocycles. The van der Waals surface area contributed by atoms with E-state index in [9.17, 15) is 0 Å². The predicted octanol–water partition coefficient (Wildman–Crippen LogP) is 4.78. The van der Waals surface area contributed by atoms with E-state index < -0.39 is 0 Å². The molecule has 5 heteroatoms. The summed E-state index contributed by atoms with van der Waals surface area (Å²) < 4.78 is 1.99. The van der Waals surface area contributed by atoms with E-state index >= 15 is 0 Å². The summed E-state index contributed by atoms with van der Waals surface area (Å²) in [5, 5.41) is 0. The Hall–Kier alpha value is 0.130. The Morgan fingerprint density at radius 3 is 2.69 bits per heavy atom. The van der Waals surface area contributed by atoms with Crippen LogP contribution in [-0.2, 0) is 6.42 Å². The average molecular weight is 337 g/mol. The first kappa shape index (κ1) is 12.6. The SMILES string of the molecule is Cc1cc(C(N)Cc2ccc(Cl)s2)sc1Br. The van der Waals surface area contributed by atoms with E-state index in [0.29, 0.717) is 0 Å². The van der Waals surface area contributed by atoms with Crippen molar-refractivity contribution in [3.63, 3.8) is 0 Å². The summed E-state index contributed by atoms with van der Waals surface area (Å²) in [6.45, 7) is 2.08. The Bertz CT molecular complexity index is 472. The van der Waals surface area contributed by atoms with Crippen molar-refractivity contribution in [2.24, 2.45) is 5.73 Å². The summed E-state index contributed by atoms with van der Waals surface area (Å²) >= 11 is 12.7. The van der Waals surface area contributed by atoms with Crippen LogP contribution < -0.4 is 5.73 Å². The fourth-order valence-corrected chi connectivity index (χ4v) is 4.16. The number of halogens is 2. The summed E-state index contributed by atoms with van der Waals surface area (Å²) in [5.41, 5.74) is 7.42. The molecule has 1 atom stereocenters. The lowest BCUT2D eigenvalue weighted by Crippen LogP contribution is -2.10. The molecule has 2 N–H and O–H groups in total. The minimum Gasteiger partial charge on any atom is -0.323 e. The monoisotopic (exact) mass is 335 g/mol. The molecule has 2 aromatic heterocycles. The third-order valence-corrected chi connectivity index (χ3v) is 5.81. The molecule has 2 heterocycles. The summed E-state index contributed by atoms with van der Waals surface area (Å²) in [6.07, 6.45) is 0.851. The second kappa shape index (κ2) is 5.19. The van der Waals surface area contributed by atoms with Gasteiger partial charge in [0, 0.05) is 22.2 Å². The van der Waals surface area contributed by atoms with Gasteiger partial charge in [0.2, 0.25) is 0 Å². The first-order valence-corrected chi connectivity index (χ1v) is 7.62. The van der Waals surface area contributed by atoms with Crippen LogP contribution in [0.2, 0.25) is 4.34 Å². The number of hydrogen-bond donors (Lipinski definition) is 1. The molecule has 2 aromatic rings. The van der Waals surface area contributed by atoms with Gasteiger partial charge in [0.1, 0.15) is 0 Å². The highest BCUT2D eigenvalue weighted by Crippen LogP contribution is 2.33. The maximum Gasteiger partial charge on any atom is 0.0931 e. The second-order valence-corrected chi connectivity index (χ2v) is 7.82. The van der Waals surface area contributed by atoms with Gasteiger partial charge in [0.25, 0.3) is 0 Å². The van der Waals surface area contributed by atoms with Crippen LogP contribution in [-0.4, -0.2) is 0 Å². The van der Waals surface area contributed by atoms with Crippen molar-refractivity contribution in [1.82, 2.24) is 0 Å². The molecule has 2 rings (SSSR count). The zero-order chi connectivity index (χ0) is 11.7. The molecule has 16 heavy (non-hydrogen) atoms. The number of nitrogens with two attached hydrogens (primary N) is 1. The van der Waals surface area contributed by atoms with E-state index in [2.05, 4.69) is 28.9 Å². The zero-order valence-corrected chi connectivity index (χ0v) is 12.6. The van der Waals surface area contributed by atoms with E-state index in [0.717, 1.165) is 10.8 Å². The van der Waals surface area contributed by atoms with Crippen molar-refractivity contribution in [2.75, 3.05) is 0 Å². The van der Waals surface area contributed by atoms with Crippen molar-refractivity contribution in [3.8, 4) is 0 Å². The molecule has 0 spiro atoms. The van der Waals surface area contributed by atoms with E-state index in [1.54, 1.807) is 22.7 Å². The standard InChI is InChI=1S/C11H11BrClNS2/c1-6-4-9(16-11(6)12)8(14)5-7-2-3-10(13)15-7/h2-4,8H,5,14H2,1H3. The normalized spacial score (nSPS) is 13.0. The van der Waals surface area contributed by atoms with Crippen LogP contribution in [0.1, 0.15) is 21.4 Å². The Labute approximate surface area is 116 Å². The van der Waals surface area contributed by atoms with Crippen LogP contribution in [0.25, 0.3) is 0 Å². The van der Waals surface area contributed by atoms with Crippen LogP contribution >= 0.6 is 50.2 Å². The quantitative estimate of drug-likeness (QED) is 0.858.